The van der Waals surface area contributed by atoms with Gasteiger partial charge in [0.25, 0.3) is 0 Å². The third-order valence-corrected chi connectivity index (χ3v) is 5.84. The number of nitrogens with one attached hydrogen (secondary N) is 1. The van der Waals surface area contributed by atoms with E-state index in [9.17, 15) is 0 Å². The van der Waals surface area contributed by atoms with Crippen LogP contribution < -0.4 is 19.7 Å². The van der Waals surface area contributed by atoms with Crippen molar-refractivity contribution in [1.82, 2.24) is 10.3 Å². The lowest BCUT2D eigenvalue weighted by atomic mass is 10.0. The number of benzene rings is 1. The van der Waals surface area contributed by atoms with Gasteiger partial charge in [0, 0.05) is 17.1 Å². The predicted molar refractivity (Wildman–Crippen MR) is 112 cm³/mol. The Hall–Kier alpha value is -2.64. The van der Waals surface area contributed by atoms with Crippen LogP contribution in [0.25, 0.3) is 0 Å². The molecule has 0 radical (unpaired) electrons. The number of aromatic nitrogens is 1. The Bertz CT molecular complexity index is 932. The number of anilines is 1. The zero-order valence-electron chi connectivity index (χ0n) is 15.0. The molecule has 0 bridgehead atoms. The Kier molecular flexibility index (Phi) is 4.96. The molecule has 4 rings (SSSR count). The Morgan fingerprint density at radius 1 is 1.11 bits per heavy atom. The van der Waals surface area contributed by atoms with E-state index in [4.69, 9.17) is 21.7 Å². The fourth-order valence-corrected chi connectivity index (χ4v) is 4.54. The molecule has 0 aliphatic carbocycles. The van der Waals surface area contributed by atoms with Crippen LogP contribution in [0.3, 0.4) is 0 Å². The fourth-order valence-electron chi connectivity index (χ4n) is 3.35. The smallest absolute Gasteiger partial charge is 0.174 e. The molecule has 1 aliphatic heterocycles. The van der Waals surface area contributed by atoms with Crippen LogP contribution in [0.1, 0.15) is 22.7 Å². The van der Waals surface area contributed by atoms with Crippen molar-refractivity contribution in [3.05, 3.63) is 70.7 Å². The van der Waals surface area contributed by atoms with Gasteiger partial charge in [-0.25, -0.2) is 0 Å². The molecule has 27 heavy (non-hydrogen) atoms. The maximum absolute atomic E-state index is 5.73. The van der Waals surface area contributed by atoms with E-state index in [1.807, 2.05) is 36.4 Å². The molecule has 7 heteroatoms. The number of hydrogen-bond acceptors (Lipinski definition) is 5. The van der Waals surface area contributed by atoms with Gasteiger partial charge in [0.1, 0.15) is 11.5 Å². The van der Waals surface area contributed by atoms with Crippen molar-refractivity contribution >= 4 is 34.4 Å². The fraction of sp³-hybridized carbons (Fsp3) is 0.200. The van der Waals surface area contributed by atoms with Gasteiger partial charge in [0.05, 0.1) is 37.7 Å². The molecule has 0 spiro atoms. The number of thiophene rings is 1. The number of thiocarbonyl (C=S) groups is 1. The van der Waals surface area contributed by atoms with Crippen molar-refractivity contribution in [2.75, 3.05) is 19.1 Å². The quantitative estimate of drug-likeness (QED) is 0.647. The Morgan fingerprint density at radius 2 is 2.00 bits per heavy atom. The van der Waals surface area contributed by atoms with Gasteiger partial charge in [-0.1, -0.05) is 12.1 Å². The standard InChI is InChI=1S/C20H19N3O2S2/c1-24-13-8-9-16(25-2)15(12-13)23-19(17-7-5-11-27-17)18(22-20(23)26)14-6-3-4-10-21-14/h3-12,18-19H,1-2H3,(H,22,26)/t18-,19-/m1/s1. The number of methoxy groups -OCH3 is 2. The van der Waals surface area contributed by atoms with Gasteiger partial charge >= 0.3 is 0 Å². The first-order chi connectivity index (χ1) is 13.2. The van der Waals surface area contributed by atoms with Crippen LogP contribution in [0.4, 0.5) is 5.69 Å². The summed E-state index contributed by atoms with van der Waals surface area (Å²) in [6, 6.07) is 15.7. The summed E-state index contributed by atoms with van der Waals surface area (Å²) >= 11 is 7.43. The molecule has 1 saturated heterocycles. The summed E-state index contributed by atoms with van der Waals surface area (Å²) < 4.78 is 11.0. The molecule has 3 aromatic rings. The van der Waals surface area contributed by atoms with E-state index in [0.29, 0.717) is 5.11 Å². The Balaban J connectivity index is 1.85. The first kappa shape index (κ1) is 17.8. The van der Waals surface area contributed by atoms with E-state index in [0.717, 1.165) is 22.9 Å². The van der Waals surface area contributed by atoms with E-state index in [2.05, 4.69) is 32.7 Å². The Labute approximate surface area is 167 Å². The van der Waals surface area contributed by atoms with Gasteiger partial charge in [0.2, 0.25) is 0 Å². The van der Waals surface area contributed by atoms with E-state index in [1.165, 1.54) is 4.88 Å². The predicted octanol–water partition coefficient (Wildman–Crippen LogP) is 4.34. The average Bonchev–Trinajstić information content (AvgIpc) is 3.35. The highest BCUT2D eigenvalue weighted by atomic mass is 32.1. The first-order valence-electron chi connectivity index (χ1n) is 8.49. The Morgan fingerprint density at radius 3 is 2.67 bits per heavy atom. The molecule has 0 unspecified atom stereocenters. The summed E-state index contributed by atoms with van der Waals surface area (Å²) in [5, 5.41) is 6.16. The summed E-state index contributed by atoms with van der Waals surface area (Å²) in [7, 11) is 3.31. The molecule has 1 aromatic carbocycles. The first-order valence-corrected chi connectivity index (χ1v) is 9.78. The van der Waals surface area contributed by atoms with E-state index < -0.39 is 0 Å². The van der Waals surface area contributed by atoms with Crippen LogP contribution >= 0.6 is 23.6 Å². The molecule has 3 heterocycles. The lowest BCUT2D eigenvalue weighted by molar-refractivity contribution is 0.403. The van der Waals surface area contributed by atoms with Crippen molar-refractivity contribution in [3.63, 3.8) is 0 Å². The molecule has 1 N–H and O–H groups in total. The largest absolute Gasteiger partial charge is 0.497 e. The molecule has 2 atom stereocenters. The summed E-state index contributed by atoms with van der Waals surface area (Å²) in [5.74, 6) is 1.49. The number of ether oxygens (including phenoxy) is 2. The van der Waals surface area contributed by atoms with Gasteiger partial charge in [-0.3, -0.25) is 4.98 Å². The van der Waals surface area contributed by atoms with Crippen LogP contribution in [0, 0.1) is 0 Å². The summed E-state index contributed by atoms with van der Waals surface area (Å²) in [6.45, 7) is 0. The lowest BCUT2D eigenvalue weighted by Gasteiger charge is -2.28. The topological polar surface area (TPSA) is 46.6 Å². The highest BCUT2D eigenvalue weighted by Gasteiger charge is 2.42. The van der Waals surface area contributed by atoms with Crippen LogP contribution in [-0.4, -0.2) is 24.3 Å². The van der Waals surface area contributed by atoms with Crippen molar-refractivity contribution in [3.8, 4) is 11.5 Å². The van der Waals surface area contributed by atoms with Crippen LogP contribution in [0.5, 0.6) is 11.5 Å². The average molecular weight is 398 g/mol. The SMILES string of the molecule is COc1ccc(OC)c(N2C(=S)N[C@H](c3ccccn3)[C@H]2c2cccs2)c1. The minimum Gasteiger partial charge on any atom is -0.497 e. The van der Waals surface area contributed by atoms with Gasteiger partial charge in [-0.2, -0.15) is 0 Å². The van der Waals surface area contributed by atoms with Gasteiger partial charge < -0.3 is 19.7 Å². The molecular weight excluding hydrogens is 378 g/mol. The highest BCUT2D eigenvalue weighted by molar-refractivity contribution is 7.80. The van der Waals surface area contributed by atoms with Crippen molar-refractivity contribution < 1.29 is 9.47 Å². The highest BCUT2D eigenvalue weighted by Crippen LogP contribution is 2.46. The van der Waals surface area contributed by atoms with Gasteiger partial charge in [-0.05, 0) is 47.9 Å². The minimum atomic E-state index is -0.0618. The zero-order chi connectivity index (χ0) is 18.8. The van der Waals surface area contributed by atoms with Crippen LogP contribution in [-0.2, 0) is 0 Å². The summed E-state index contributed by atoms with van der Waals surface area (Å²) in [6.07, 6.45) is 1.81. The molecule has 2 aromatic heterocycles. The van der Waals surface area contributed by atoms with Crippen molar-refractivity contribution in [2.45, 2.75) is 12.1 Å². The third kappa shape index (κ3) is 3.24. The van der Waals surface area contributed by atoms with Crippen molar-refractivity contribution in [1.29, 1.82) is 0 Å². The zero-order valence-corrected chi connectivity index (χ0v) is 16.6. The molecule has 0 saturated carbocycles. The van der Waals surface area contributed by atoms with Crippen LogP contribution in [0.2, 0.25) is 0 Å². The molecule has 138 valence electrons. The second-order valence-electron chi connectivity index (χ2n) is 6.05. The summed E-state index contributed by atoms with van der Waals surface area (Å²) in [5.41, 5.74) is 1.81. The second kappa shape index (κ2) is 7.54. The number of pyridine rings is 1. The number of rotatable bonds is 5. The second-order valence-corrected chi connectivity index (χ2v) is 7.42. The maximum atomic E-state index is 5.73. The molecule has 5 nitrogen and oxygen atoms in total. The number of hydrogen-bond donors (Lipinski definition) is 1. The maximum Gasteiger partial charge on any atom is 0.174 e. The molecule has 1 aliphatic rings. The normalized spacial score (nSPS) is 19.0. The van der Waals surface area contributed by atoms with E-state index in [1.54, 1.807) is 31.8 Å². The molecular formula is C20H19N3O2S2. The third-order valence-electron chi connectivity index (χ3n) is 4.58. The van der Waals surface area contributed by atoms with Crippen molar-refractivity contribution in [2.24, 2.45) is 0 Å². The van der Waals surface area contributed by atoms with E-state index in [-0.39, 0.29) is 12.1 Å². The molecule has 0 amide bonds. The van der Waals surface area contributed by atoms with Crippen LogP contribution in [0.15, 0.2) is 60.1 Å². The monoisotopic (exact) mass is 397 g/mol. The number of nitrogens with zero attached hydrogens (tertiary/aromatic N) is 2. The van der Waals surface area contributed by atoms with Gasteiger partial charge in [0.15, 0.2) is 5.11 Å². The van der Waals surface area contributed by atoms with E-state index >= 15 is 0 Å². The summed E-state index contributed by atoms with van der Waals surface area (Å²) in [4.78, 5) is 7.86. The molecule has 1 fully saturated rings. The lowest BCUT2D eigenvalue weighted by Crippen LogP contribution is -2.29. The van der Waals surface area contributed by atoms with Gasteiger partial charge in [-0.15, -0.1) is 11.3 Å². The minimum absolute atomic E-state index is 0.0339.